The molecule has 0 atom stereocenters. The SMILES string of the molecule is COc1ccc(C(=O)Nc2ccc(Cl)cc2Cl)cc1COc1cc(C)cc(C)c1. The lowest BCUT2D eigenvalue weighted by Gasteiger charge is -2.13. The number of methoxy groups -OCH3 is 1. The molecule has 0 aromatic heterocycles. The largest absolute Gasteiger partial charge is 0.496 e. The first-order valence-corrected chi connectivity index (χ1v) is 9.75. The van der Waals surface area contributed by atoms with E-state index < -0.39 is 0 Å². The molecule has 6 heteroatoms. The zero-order valence-corrected chi connectivity index (χ0v) is 17.9. The molecule has 3 rings (SSSR count). The zero-order chi connectivity index (χ0) is 21.0. The van der Waals surface area contributed by atoms with Crippen LogP contribution in [0.4, 0.5) is 5.69 Å². The average Bonchev–Trinajstić information content (AvgIpc) is 2.67. The maximum absolute atomic E-state index is 12.7. The van der Waals surface area contributed by atoms with Crippen LogP contribution in [0.15, 0.2) is 54.6 Å². The third-order valence-electron chi connectivity index (χ3n) is 4.31. The number of hydrogen-bond acceptors (Lipinski definition) is 3. The lowest BCUT2D eigenvalue weighted by molar-refractivity contribution is 0.102. The van der Waals surface area contributed by atoms with Gasteiger partial charge in [-0.3, -0.25) is 4.79 Å². The minimum Gasteiger partial charge on any atom is -0.496 e. The van der Waals surface area contributed by atoms with Crippen LogP contribution in [0.5, 0.6) is 11.5 Å². The first-order valence-electron chi connectivity index (χ1n) is 9.00. The Morgan fingerprint density at radius 3 is 2.34 bits per heavy atom. The summed E-state index contributed by atoms with van der Waals surface area (Å²) < 4.78 is 11.4. The maximum atomic E-state index is 12.7. The summed E-state index contributed by atoms with van der Waals surface area (Å²) in [6.45, 7) is 4.31. The molecule has 150 valence electrons. The van der Waals surface area contributed by atoms with Crippen molar-refractivity contribution in [3.05, 3.63) is 86.9 Å². The van der Waals surface area contributed by atoms with E-state index in [4.69, 9.17) is 32.7 Å². The number of aryl methyl sites for hydroxylation is 2. The smallest absolute Gasteiger partial charge is 0.255 e. The molecule has 0 saturated heterocycles. The molecule has 0 heterocycles. The summed E-state index contributed by atoms with van der Waals surface area (Å²) in [6.07, 6.45) is 0. The lowest BCUT2D eigenvalue weighted by atomic mass is 10.1. The number of rotatable bonds is 6. The minimum atomic E-state index is -0.287. The number of amides is 1. The molecule has 0 aliphatic carbocycles. The number of ether oxygens (including phenoxy) is 2. The Labute approximate surface area is 180 Å². The van der Waals surface area contributed by atoms with Crippen LogP contribution in [-0.4, -0.2) is 13.0 Å². The Balaban J connectivity index is 1.79. The van der Waals surface area contributed by atoms with E-state index >= 15 is 0 Å². The van der Waals surface area contributed by atoms with E-state index in [9.17, 15) is 4.79 Å². The molecule has 29 heavy (non-hydrogen) atoms. The van der Waals surface area contributed by atoms with Crippen molar-refractivity contribution in [2.45, 2.75) is 20.5 Å². The molecule has 0 radical (unpaired) electrons. The lowest BCUT2D eigenvalue weighted by Crippen LogP contribution is -2.13. The molecule has 0 saturated carbocycles. The maximum Gasteiger partial charge on any atom is 0.255 e. The van der Waals surface area contributed by atoms with Crippen LogP contribution in [0.1, 0.15) is 27.0 Å². The third kappa shape index (κ3) is 5.43. The minimum absolute atomic E-state index is 0.273. The van der Waals surface area contributed by atoms with Crippen LogP contribution < -0.4 is 14.8 Å². The average molecular weight is 430 g/mol. The van der Waals surface area contributed by atoms with Crippen LogP contribution >= 0.6 is 23.2 Å². The van der Waals surface area contributed by atoms with Gasteiger partial charge in [0.1, 0.15) is 18.1 Å². The van der Waals surface area contributed by atoms with E-state index in [0.717, 1.165) is 22.4 Å². The van der Waals surface area contributed by atoms with E-state index in [2.05, 4.69) is 11.4 Å². The molecule has 3 aromatic rings. The van der Waals surface area contributed by atoms with Gasteiger partial charge in [-0.2, -0.15) is 0 Å². The molecular formula is C23H21Cl2NO3. The summed E-state index contributed by atoms with van der Waals surface area (Å²) in [5, 5.41) is 3.67. The highest BCUT2D eigenvalue weighted by Gasteiger charge is 2.13. The predicted molar refractivity (Wildman–Crippen MR) is 118 cm³/mol. The second-order valence-corrected chi connectivity index (χ2v) is 7.56. The summed E-state index contributed by atoms with van der Waals surface area (Å²) in [4.78, 5) is 12.7. The van der Waals surface area contributed by atoms with Gasteiger partial charge in [0.25, 0.3) is 5.91 Å². The fraction of sp³-hybridized carbons (Fsp3) is 0.174. The van der Waals surface area contributed by atoms with Gasteiger partial charge in [0, 0.05) is 16.1 Å². The fourth-order valence-electron chi connectivity index (χ4n) is 3.00. The first kappa shape index (κ1) is 21.0. The van der Waals surface area contributed by atoms with Crippen molar-refractivity contribution in [3.8, 4) is 11.5 Å². The Kier molecular flexibility index (Phi) is 6.68. The summed E-state index contributed by atoms with van der Waals surface area (Å²) in [7, 11) is 1.59. The van der Waals surface area contributed by atoms with Crippen molar-refractivity contribution >= 4 is 34.8 Å². The molecule has 3 aromatic carbocycles. The molecule has 1 amide bonds. The molecule has 1 N–H and O–H groups in total. The van der Waals surface area contributed by atoms with Gasteiger partial charge in [-0.05, 0) is 73.5 Å². The van der Waals surface area contributed by atoms with Crippen LogP contribution in [-0.2, 0) is 6.61 Å². The third-order valence-corrected chi connectivity index (χ3v) is 4.86. The Morgan fingerprint density at radius 2 is 1.69 bits per heavy atom. The van der Waals surface area contributed by atoms with Gasteiger partial charge in [-0.1, -0.05) is 29.3 Å². The molecule has 0 spiro atoms. The van der Waals surface area contributed by atoms with Crippen molar-refractivity contribution in [1.29, 1.82) is 0 Å². The van der Waals surface area contributed by atoms with Gasteiger partial charge < -0.3 is 14.8 Å². The number of benzene rings is 3. The molecule has 4 nitrogen and oxygen atoms in total. The molecule has 0 fully saturated rings. The number of anilines is 1. The van der Waals surface area contributed by atoms with E-state index in [1.807, 2.05) is 26.0 Å². The van der Waals surface area contributed by atoms with Crippen molar-refractivity contribution < 1.29 is 14.3 Å². The highest BCUT2D eigenvalue weighted by atomic mass is 35.5. The summed E-state index contributed by atoms with van der Waals surface area (Å²) in [6, 6.07) is 16.1. The molecular weight excluding hydrogens is 409 g/mol. The van der Waals surface area contributed by atoms with Gasteiger partial charge in [0.15, 0.2) is 0 Å². The predicted octanol–water partition coefficient (Wildman–Crippen LogP) is 6.45. The molecule has 0 unspecified atom stereocenters. The summed E-state index contributed by atoms with van der Waals surface area (Å²) >= 11 is 12.0. The zero-order valence-electron chi connectivity index (χ0n) is 16.4. The molecule has 0 aliphatic rings. The second-order valence-electron chi connectivity index (χ2n) is 6.72. The second kappa shape index (κ2) is 9.21. The standard InChI is InChI=1S/C23H21Cl2NO3/c1-14-8-15(2)10-19(9-14)29-13-17-11-16(4-7-22(17)28-3)23(27)26-21-6-5-18(24)12-20(21)25/h4-12H,13H2,1-3H3,(H,26,27). The van der Waals surface area contributed by atoms with Crippen LogP contribution in [0.2, 0.25) is 10.0 Å². The number of carbonyl (C=O) groups excluding carboxylic acids is 1. The Hall–Kier alpha value is -2.69. The van der Waals surface area contributed by atoms with E-state index in [-0.39, 0.29) is 12.5 Å². The van der Waals surface area contributed by atoms with Crippen molar-refractivity contribution in [2.75, 3.05) is 12.4 Å². The fourth-order valence-corrected chi connectivity index (χ4v) is 3.45. The molecule has 0 bridgehead atoms. The molecule has 0 aliphatic heterocycles. The number of halogens is 2. The number of carbonyl (C=O) groups is 1. The normalized spacial score (nSPS) is 10.5. The van der Waals surface area contributed by atoms with Crippen LogP contribution in [0.25, 0.3) is 0 Å². The number of nitrogens with one attached hydrogen (secondary N) is 1. The van der Waals surface area contributed by atoms with Gasteiger partial charge in [0.2, 0.25) is 0 Å². The van der Waals surface area contributed by atoms with E-state index in [1.165, 1.54) is 0 Å². The van der Waals surface area contributed by atoms with Gasteiger partial charge in [0.05, 0.1) is 17.8 Å². The number of hydrogen-bond donors (Lipinski definition) is 1. The Bertz CT molecular complexity index is 1030. The topological polar surface area (TPSA) is 47.6 Å². The first-order chi connectivity index (χ1) is 13.9. The summed E-state index contributed by atoms with van der Waals surface area (Å²) in [5.74, 6) is 1.13. The van der Waals surface area contributed by atoms with E-state index in [0.29, 0.717) is 27.0 Å². The Morgan fingerprint density at radius 1 is 0.966 bits per heavy atom. The van der Waals surface area contributed by atoms with Crippen LogP contribution in [0, 0.1) is 13.8 Å². The van der Waals surface area contributed by atoms with Crippen LogP contribution in [0.3, 0.4) is 0 Å². The van der Waals surface area contributed by atoms with Crippen molar-refractivity contribution in [1.82, 2.24) is 0 Å². The highest BCUT2D eigenvalue weighted by Crippen LogP contribution is 2.27. The van der Waals surface area contributed by atoms with Crippen molar-refractivity contribution in [3.63, 3.8) is 0 Å². The van der Waals surface area contributed by atoms with Crippen molar-refractivity contribution in [2.24, 2.45) is 0 Å². The van der Waals surface area contributed by atoms with E-state index in [1.54, 1.807) is 43.5 Å². The van der Waals surface area contributed by atoms with Gasteiger partial charge in [-0.15, -0.1) is 0 Å². The summed E-state index contributed by atoms with van der Waals surface area (Å²) in [5.41, 5.74) is 3.97. The monoisotopic (exact) mass is 429 g/mol. The van der Waals surface area contributed by atoms with Gasteiger partial charge in [-0.25, -0.2) is 0 Å². The highest BCUT2D eigenvalue weighted by molar-refractivity contribution is 6.36. The van der Waals surface area contributed by atoms with Gasteiger partial charge >= 0.3 is 0 Å². The quantitative estimate of drug-likeness (QED) is 0.489.